The van der Waals surface area contributed by atoms with Crippen molar-refractivity contribution in [3.8, 4) is 0 Å². The van der Waals surface area contributed by atoms with Crippen LogP contribution >= 0.6 is 11.3 Å². The van der Waals surface area contributed by atoms with E-state index >= 15 is 0 Å². The van der Waals surface area contributed by atoms with E-state index in [4.69, 9.17) is 5.73 Å². The van der Waals surface area contributed by atoms with Crippen LogP contribution < -0.4 is 11.1 Å². The Labute approximate surface area is 114 Å². The Bertz CT molecular complexity index is 427. The summed E-state index contributed by atoms with van der Waals surface area (Å²) in [6, 6.07) is 3.09. The van der Waals surface area contributed by atoms with E-state index in [1.165, 1.54) is 11.3 Å². The van der Waals surface area contributed by atoms with Gasteiger partial charge in [-0.25, -0.2) is 0 Å². The normalized spacial score (nSPS) is 17.1. The SMILES string of the molecule is CC(C)C(NC(=O)C(C)(N)C(F)(F)F)c1cccs1. The maximum Gasteiger partial charge on any atom is 0.415 e. The van der Waals surface area contributed by atoms with Gasteiger partial charge in [0.05, 0.1) is 6.04 Å². The first-order valence-corrected chi connectivity index (χ1v) is 6.65. The Morgan fingerprint density at radius 3 is 2.37 bits per heavy atom. The Kier molecular flexibility index (Phi) is 4.63. The Morgan fingerprint density at radius 2 is 2.00 bits per heavy atom. The van der Waals surface area contributed by atoms with Crippen LogP contribution in [0.1, 0.15) is 31.7 Å². The van der Waals surface area contributed by atoms with Crippen LogP contribution in [0.25, 0.3) is 0 Å². The zero-order chi connectivity index (χ0) is 14.8. The van der Waals surface area contributed by atoms with Gasteiger partial charge in [0, 0.05) is 4.88 Å². The van der Waals surface area contributed by atoms with Crippen LogP contribution in [0.2, 0.25) is 0 Å². The molecule has 0 fully saturated rings. The fraction of sp³-hybridized carbons (Fsp3) is 0.583. The lowest BCUT2D eigenvalue weighted by Crippen LogP contribution is -2.61. The molecule has 1 rings (SSSR count). The topological polar surface area (TPSA) is 55.1 Å². The van der Waals surface area contributed by atoms with Gasteiger partial charge in [-0.3, -0.25) is 4.79 Å². The van der Waals surface area contributed by atoms with Crippen molar-refractivity contribution in [1.29, 1.82) is 0 Å². The third-order valence-corrected chi connectivity index (χ3v) is 3.82. The Balaban J connectivity index is 2.90. The van der Waals surface area contributed by atoms with Crippen LogP contribution in [-0.2, 0) is 4.79 Å². The number of hydrogen-bond donors (Lipinski definition) is 2. The number of alkyl halides is 3. The summed E-state index contributed by atoms with van der Waals surface area (Å²) in [5.41, 5.74) is 2.21. The molecule has 2 atom stereocenters. The standard InChI is InChI=1S/C12H17F3N2OS/c1-7(2)9(8-5-4-6-19-8)17-10(18)11(3,16)12(13,14)15/h4-7,9H,16H2,1-3H3,(H,17,18). The molecule has 0 aliphatic heterocycles. The molecule has 0 spiro atoms. The largest absolute Gasteiger partial charge is 0.415 e. The predicted molar refractivity (Wildman–Crippen MR) is 68.7 cm³/mol. The molecule has 1 aromatic rings. The zero-order valence-corrected chi connectivity index (χ0v) is 11.7. The van der Waals surface area contributed by atoms with Crippen LogP contribution in [0.5, 0.6) is 0 Å². The molecule has 7 heteroatoms. The summed E-state index contributed by atoms with van der Waals surface area (Å²) in [6.07, 6.45) is -4.78. The van der Waals surface area contributed by atoms with Gasteiger partial charge in [-0.15, -0.1) is 11.3 Å². The molecule has 1 amide bonds. The average molecular weight is 294 g/mol. The fourth-order valence-electron chi connectivity index (χ4n) is 1.45. The number of hydrogen-bond acceptors (Lipinski definition) is 3. The molecule has 0 radical (unpaired) electrons. The fourth-order valence-corrected chi connectivity index (χ4v) is 2.40. The van der Waals surface area contributed by atoms with Crippen LogP contribution in [0, 0.1) is 5.92 Å². The molecule has 0 saturated heterocycles. The van der Waals surface area contributed by atoms with Crippen molar-refractivity contribution in [3.63, 3.8) is 0 Å². The first kappa shape index (κ1) is 16.0. The van der Waals surface area contributed by atoms with E-state index in [1.54, 1.807) is 12.1 Å². The first-order chi connectivity index (χ1) is 8.57. The van der Waals surface area contributed by atoms with E-state index in [2.05, 4.69) is 5.32 Å². The number of halogens is 3. The predicted octanol–water partition coefficient (Wildman–Crippen LogP) is 2.84. The molecule has 0 aliphatic rings. The average Bonchev–Trinajstić information content (AvgIpc) is 2.76. The molecule has 3 N–H and O–H groups in total. The molecule has 1 aromatic heterocycles. The first-order valence-electron chi connectivity index (χ1n) is 5.77. The summed E-state index contributed by atoms with van der Waals surface area (Å²) < 4.78 is 38.1. The summed E-state index contributed by atoms with van der Waals surface area (Å²) in [5, 5.41) is 4.20. The second kappa shape index (κ2) is 5.50. The lowest BCUT2D eigenvalue weighted by atomic mass is 9.98. The summed E-state index contributed by atoms with van der Waals surface area (Å²) in [4.78, 5) is 12.6. The highest BCUT2D eigenvalue weighted by Gasteiger charge is 2.54. The number of carbonyl (C=O) groups is 1. The van der Waals surface area contributed by atoms with Crippen molar-refractivity contribution in [3.05, 3.63) is 22.4 Å². The highest BCUT2D eigenvalue weighted by atomic mass is 32.1. The molecule has 0 aliphatic carbocycles. The monoisotopic (exact) mass is 294 g/mol. The molecule has 108 valence electrons. The molecular weight excluding hydrogens is 277 g/mol. The number of nitrogens with one attached hydrogen (secondary N) is 1. The zero-order valence-electron chi connectivity index (χ0n) is 10.9. The quantitative estimate of drug-likeness (QED) is 0.897. The molecule has 0 bridgehead atoms. The van der Waals surface area contributed by atoms with Gasteiger partial charge in [0.25, 0.3) is 0 Å². The van der Waals surface area contributed by atoms with Crippen LogP contribution in [0.15, 0.2) is 17.5 Å². The lowest BCUT2D eigenvalue weighted by Gasteiger charge is -2.30. The molecular formula is C12H17F3N2OS. The van der Waals surface area contributed by atoms with Crippen molar-refractivity contribution < 1.29 is 18.0 Å². The number of rotatable bonds is 4. The summed E-state index contributed by atoms with van der Waals surface area (Å²) in [5.74, 6) is -1.25. The van der Waals surface area contributed by atoms with E-state index in [1.807, 2.05) is 19.2 Å². The van der Waals surface area contributed by atoms with Crippen LogP contribution in [-0.4, -0.2) is 17.6 Å². The summed E-state index contributed by atoms with van der Waals surface area (Å²) in [6.45, 7) is 4.33. The van der Waals surface area contributed by atoms with Crippen molar-refractivity contribution in [2.45, 2.75) is 38.5 Å². The third-order valence-electron chi connectivity index (χ3n) is 2.86. The maximum absolute atomic E-state index is 12.7. The van der Waals surface area contributed by atoms with Gasteiger partial charge in [-0.1, -0.05) is 19.9 Å². The van der Waals surface area contributed by atoms with Gasteiger partial charge >= 0.3 is 6.18 Å². The van der Waals surface area contributed by atoms with Crippen LogP contribution in [0.3, 0.4) is 0 Å². The molecule has 0 saturated carbocycles. The van der Waals surface area contributed by atoms with Crippen LogP contribution in [0.4, 0.5) is 13.2 Å². The Hall–Kier alpha value is -1.08. The molecule has 19 heavy (non-hydrogen) atoms. The minimum atomic E-state index is -4.78. The molecule has 3 nitrogen and oxygen atoms in total. The Morgan fingerprint density at radius 1 is 1.42 bits per heavy atom. The lowest BCUT2D eigenvalue weighted by molar-refractivity contribution is -0.188. The molecule has 0 aromatic carbocycles. The van der Waals surface area contributed by atoms with E-state index in [0.717, 1.165) is 4.88 Å². The van der Waals surface area contributed by atoms with Gasteiger partial charge in [-0.05, 0) is 24.3 Å². The van der Waals surface area contributed by atoms with Crippen molar-refractivity contribution in [1.82, 2.24) is 5.32 Å². The van der Waals surface area contributed by atoms with E-state index in [-0.39, 0.29) is 5.92 Å². The maximum atomic E-state index is 12.7. The minimum Gasteiger partial charge on any atom is -0.346 e. The highest BCUT2D eigenvalue weighted by Crippen LogP contribution is 2.31. The van der Waals surface area contributed by atoms with Gasteiger partial charge < -0.3 is 11.1 Å². The summed E-state index contributed by atoms with van der Waals surface area (Å²) >= 11 is 1.38. The van der Waals surface area contributed by atoms with Crippen molar-refractivity contribution >= 4 is 17.2 Å². The van der Waals surface area contributed by atoms with Crippen molar-refractivity contribution in [2.24, 2.45) is 11.7 Å². The highest BCUT2D eigenvalue weighted by molar-refractivity contribution is 7.10. The second-order valence-corrected chi connectivity index (χ2v) is 5.89. The summed E-state index contributed by atoms with van der Waals surface area (Å²) in [7, 11) is 0. The third kappa shape index (κ3) is 3.48. The molecule has 2 unspecified atom stereocenters. The van der Waals surface area contributed by atoms with Gasteiger partial charge in [0.15, 0.2) is 5.54 Å². The minimum absolute atomic E-state index is 0.0355. The van der Waals surface area contributed by atoms with Crippen molar-refractivity contribution in [2.75, 3.05) is 0 Å². The number of carbonyl (C=O) groups excluding carboxylic acids is 1. The number of nitrogens with two attached hydrogens (primary N) is 1. The smallest absolute Gasteiger partial charge is 0.346 e. The van der Waals surface area contributed by atoms with E-state index in [9.17, 15) is 18.0 Å². The molecule has 1 heterocycles. The number of thiophene rings is 1. The number of amides is 1. The van der Waals surface area contributed by atoms with Gasteiger partial charge in [0.2, 0.25) is 5.91 Å². The van der Waals surface area contributed by atoms with Gasteiger partial charge in [0.1, 0.15) is 0 Å². The van der Waals surface area contributed by atoms with E-state index in [0.29, 0.717) is 6.92 Å². The van der Waals surface area contributed by atoms with Gasteiger partial charge in [-0.2, -0.15) is 13.2 Å². The second-order valence-electron chi connectivity index (χ2n) is 4.91. The van der Waals surface area contributed by atoms with E-state index < -0.39 is 23.7 Å².